The fraction of sp³-hybridized carbons (Fsp3) is 0.650. The highest BCUT2D eigenvalue weighted by molar-refractivity contribution is 6.67. The van der Waals surface area contributed by atoms with Gasteiger partial charge in [0.2, 0.25) is 0 Å². The van der Waals surface area contributed by atoms with Crippen molar-refractivity contribution in [2.75, 3.05) is 0 Å². The lowest BCUT2D eigenvalue weighted by Crippen LogP contribution is -2.13. The average molecular weight is 321 g/mol. The van der Waals surface area contributed by atoms with Gasteiger partial charge in [0.1, 0.15) is 0 Å². The molecule has 0 atom stereocenters. The first-order valence-corrected chi connectivity index (χ1v) is 9.38. The molecule has 0 N–H and O–H groups in total. The number of carbonyl (C=O) groups excluding carboxylic acids is 1. The van der Waals surface area contributed by atoms with Crippen molar-refractivity contribution in [1.29, 1.82) is 0 Å². The summed E-state index contributed by atoms with van der Waals surface area (Å²) in [5.41, 5.74) is 1.98. The second-order valence-electron chi connectivity index (χ2n) is 6.82. The van der Waals surface area contributed by atoms with E-state index in [-0.39, 0.29) is 5.24 Å². The van der Waals surface area contributed by atoms with Crippen LogP contribution in [0.4, 0.5) is 0 Å². The Hall–Kier alpha value is -0.820. The lowest BCUT2D eigenvalue weighted by Gasteiger charge is -2.29. The maximum atomic E-state index is 11.1. The van der Waals surface area contributed by atoms with Crippen LogP contribution in [0.15, 0.2) is 24.3 Å². The van der Waals surface area contributed by atoms with Gasteiger partial charge in [-0.3, -0.25) is 4.79 Å². The van der Waals surface area contributed by atoms with Crippen molar-refractivity contribution < 1.29 is 4.79 Å². The van der Waals surface area contributed by atoms with Gasteiger partial charge in [0.05, 0.1) is 0 Å². The number of unbranched alkanes of at least 4 members (excludes halogenated alkanes) is 4. The lowest BCUT2D eigenvalue weighted by molar-refractivity contribution is 0.108. The lowest BCUT2D eigenvalue weighted by atomic mass is 9.77. The fourth-order valence-corrected chi connectivity index (χ4v) is 3.83. The predicted molar refractivity (Wildman–Crippen MR) is 94.7 cm³/mol. The van der Waals surface area contributed by atoms with Crippen molar-refractivity contribution in [3.8, 4) is 0 Å². The number of rotatable bonds is 8. The third-order valence-electron chi connectivity index (χ3n) is 5.17. The summed E-state index contributed by atoms with van der Waals surface area (Å²) in [4.78, 5) is 11.1. The number of hydrogen-bond donors (Lipinski definition) is 0. The smallest absolute Gasteiger partial charge is 0.252 e. The Balaban J connectivity index is 1.71. The topological polar surface area (TPSA) is 17.1 Å². The second-order valence-corrected chi connectivity index (χ2v) is 7.16. The average Bonchev–Trinajstić information content (AvgIpc) is 2.55. The van der Waals surface area contributed by atoms with Gasteiger partial charge in [0.25, 0.3) is 5.24 Å². The summed E-state index contributed by atoms with van der Waals surface area (Å²) in [7, 11) is 0. The molecule has 1 fully saturated rings. The minimum Gasteiger partial charge on any atom is -0.276 e. The van der Waals surface area contributed by atoms with Gasteiger partial charge in [-0.25, -0.2) is 0 Å². The van der Waals surface area contributed by atoms with E-state index >= 15 is 0 Å². The first kappa shape index (κ1) is 17.5. The maximum Gasteiger partial charge on any atom is 0.252 e. The number of carbonyl (C=O) groups is 1. The quantitative estimate of drug-likeness (QED) is 0.384. The fourth-order valence-electron chi connectivity index (χ4n) is 3.71. The first-order chi connectivity index (χ1) is 10.7. The molecule has 2 rings (SSSR count). The van der Waals surface area contributed by atoms with Crippen LogP contribution in [0.3, 0.4) is 0 Å². The molecule has 0 aromatic heterocycles. The van der Waals surface area contributed by atoms with Crippen LogP contribution in [0.25, 0.3) is 0 Å². The summed E-state index contributed by atoms with van der Waals surface area (Å²) in [6.07, 6.45) is 13.7. The van der Waals surface area contributed by atoms with E-state index in [1.54, 1.807) is 0 Å². The van der Waals surface area contributed by atoms with E-state index in [0.29, 0.717) is 11.5 Å². The molecule has 0 amide bonds. The van der Waals surface area contributed by atoms with E-state index in [2.05, 4.69) is 19.1 Å². The van der Waals surface area contributed by atoms with Gasteiger partial charge in [-0.2, -0.15) is 0 Å². The molecule has 0 unspecified atom stereocenters. The van der Waals surface area contributed by atoms with Crippen LogP contribution >= 0.6 is 11.6 Å². The molecule has 0 aliphatic heterocycles. The van der Waals surface area contributed by atoms with Crippen LogP contribution in [0.1, 0.15) is 93.0 Å². The van der Waals surface area contributed by atoms with E-state index in [0.717, 1.165) is 5.92 Å². The summed E-state index contributed by atoms with van der Waals surface area (Å²) >= 11 is 5.50. The summed E-state index contributed by atoms with van der Waals surface area (Å²) in [6, 6.07) is 7.91. The highest BCUT2D eigenvalue weighted by Crippen LogP contribution is 2.37. The zero-order valence-electron chi connectivity index (χ0n) is 13.8. The SMILES string of the molecule is CCCCCCC[C@H]1CC[C@H](c2ccc(C(=O)Cl)cc2)CC1. The molecule has 0 heterocycles. The maximum absolute atomic E-state index is 11.1. The van der Waals surface area contributed by atoms with E-state index in [9.17, 15) is 4.79 Å². The first-order valence-electron chi connectivity index (χ1n) is 9.00. The van der Waals surface area contributed by atoms with Gasteiger partial charge in [-0.05, 0) is 66.8 Å². The van der Waals surface area contributed by atoms with Crippen molar-refractivity contribution in [2.45, 2.75) is 77.0 Å². The van der Waals surface area contributed by atoms with E-state index in [1.165, 1.54) is 69.8 Å². The van der Waals surface area contributed by atoms with E-state index in [1.807, 2.05) is 12.1 Å². The molecule has 1 nitrogen and oxygen atoms in total. The molecule has 0 spiro atoms. The standard InChI is InChI=1S/C20H29ClO/c1-2-3-4-5-6-7-16-8-10-17(11-9-16)18-12-14-19(15-13-18)20(21)22/h12-17H,2-11H2,1H3/t16-,17-. The van der Waals surface area contributed by atoms with Crippen LogP contribution in [-0.2, 0) is 0 Å². The minimum absolute atomic E-state index is 0.363. The number of hydrogen-bond acceptors (Lipinski definition) is 1. The largest absolute Gasteiger partial charge is 0.276 e. The van der Waals surface area contributed by atoms with Gasteiger partial charge in [0.15, 0.2) is 0 Å². The van der Waals surface area contributed by atoms with Crippen molar-refractivity contribution in [3.05, 3.63) is 35.4 Å². The normalized spacial score (nSPS) is 21.7. The Labute approximate surface area is 140 Å². The van der Waals surface area contributed by atoms with Crippen LogP contribution in [0, 0.1) is 5.92 Å². The Morgan fingerprint density at radius 2 is 1.64 bits per heavy atom. The van der Waals surface area contributed by atoms with Crippen LogP contribution in [0.2, 0.25) is 0 Å². The summed E-state index contributed by atoms with van der Waals surface area (Å²) in [5.74, 6) is 1.62. The molecule has 0 bridgehead atoms. The van der Waals surface area contributed by atoms with Crippen LogP contribution in [-0.4, -0.2) is 5.24 Å². The molecule has 0 saturated heterocycles. The predicted octanol–water partition coefficient (Wildman–Crippen LogP) is 6.70. The number of benzene rings is 1. The van der Waals surface area contributed by atoms with E-state index < -0.39 is 0 Å². The summed E-state index contributed by atoms with van der Waals surface area (Å²) in [5, 5.41) is -0.363. The molecule has 1 aromatic carbocycles. The van der Waals surface area contributed by atoms with Crippen LogP contribution < -0.4 is 0 Å². The molecular weight excluding hydrogens is 292 g/mol. The summed E-state index contributed by atoms with van der Waals surface area (Å²) in [6.45, 7) is 2.27. The zero-order chi connectivity index (χ0) is 15.8. The Kier molecular flexibility index (Phi) is 7.45. The van der Waals surface area contributed by atoms with Gasteiger partial charge < -0.3 is 0 Å². The van der Waals surface area contributed by atoms with Gasteiger partial charge in [-0.1, -0.05) is 57.6 Å². The van der Waals surface area contributed by atoms with Crippen molar-refractivity contribution in [3.63, 3.8) is 0 Å². The molecule has 22 heavy (non-hydrogen) atoms. The Morgan fingerprint density at radius 3 is 2.23 bits per heavy atom. The molecule has 1 saturated carbocycles. The van der Waals surface area contributed by atoms with Gasteiger partial charge in [0, 0.05) is 5.56 Å². The van der Waals surface area contributed by atoms with Crippen LogP contribution in [0.5, 0.6) is 0 Å². The minimum atomic E-state index is -0.363. The summed E-state index contributed by atoms with van der Waals surface area (Å²) < 4.78 is 0. The monoisotopic (exact) mass is 320 g/mol. The molecule has 1 aromatic rings. The van der Waals surface area contributed by atoms with Gasteiger partial charge >= 0.3 is 0 Å². The highest BCUT2D eigenvalue weighted by atomic mass is 35.5. The molecule has 1 aliphatic rings. The molecule has 122 valence electrons. The Bertz CT molecular complexity index is 443. The highest BCUT2D eigenvalue weighted by Gasteiger charge is 2.22. The third kappa shape index (κ3) is 5.43. The van der Waals surface area contributed by atoms with Crippen molar-refractivity contribution >= 4 is 16.8 Å². The zero-order valence-corrected chi connectivity index (χ0v) is 14.6. The molecule has 2 heteroatoms. The van der Waals surface area contributed by atoms with E-state index in [4.69, 9.17) is 11.6 Å². The van der Waals surface area contributed by atoms with Crippen molar-refractivity contribution in [2.24, 2.45) is 5.92 Å². The second kappa shape index (κ2) is 9.35. The third-order valence-corrected chi connectivity index (χ3v) is 5.39. The molecular formula is C20H29ClO. The van der Waals surface area contributed by atoms with Crippen molar-refractivity contribution in [1.82, 2.24) is 0 Å². The Morgan fingerprint density at radius 1 is 1.00 bits per heavy atom. The molecule has 1 aliphatic carbocycles. The van der Waals surface area contributed by atoms with Gasteiger partial charge in [-0.15, -0.1) is 0 Å². The molecule has 0 radical (unpaired) electrons. The number of halogens is 1.